The van der Waals surface area contributed by atoms with Crippen molar-refractivity contribution in [3.63, 3.8) is 0 Å². The van der Waals surface area contributed by atoms with Gasteiger partial charge >= 0.3 is 6.18 Å². The van der Waals surface area contributed by atoms with Crippen LogP contribution in [0.15, 0.2) is 42.7 Å². The van der Waals surface area contributed by atoms with Gasteiger partial charge in [0.25, 0.3) is 5.91 Å². The molecular formula is C31H35F3N6O3S. The van der Waals surface area contributed by atoms with Crippen LogP contribution in [0.5, 0.6) is 0 Å². The van der Waals surface area contributed by atoms with E-state index in [2.05, 4.69) is 22.4 Å². The summed E-state index contributed by atoms with van der Waals surface area (Å²) in [4.78, 5) is 15.2. The van der Waals surface area contributed by atoms with Crippen molar-refractivity contribution in [3.05, 3.63) is 76.4 Å². The Bertz CT molecular complexity index is 1770. The molecule has 3 aromatic rings. The third-order valence-electron chi connectivity index (χ3n) is 10.3. The maximum atomic E-state index is 14.3. The van der Waals surface area contributed by atoms with Crippen LogP contribution in [0.4, 0.5) is 18.9 Å². The molecular weight excluding hydrogens is 593 g/mol. The summed E-state index contributed by atoms with van der Waals surface area (Å²) in [5, 5.41) is 11.9. The van der Waals surface area contributed by atoms with Gasteiger partial charge in [-0.15, -0.1) is 10.2 Å². The second-order valence-electron chi connectivity index (χ2n) is 13.6. The first kappa shape index (κ1) is 29.4. The number of sulfonamides is 1. The Morgan fingerprint density at radius 2 is 1.82 bits per heavy atom. The molecule has 4 aliphatic rings. The van der Waals surface area contributed by atoms with E-state index in [1.807, 2.05) is 29.8 Å². The quantitative estimate of drug-likeness (QED) is 0.417. The van der Waals surface area contributed by atoms with Crippen molar-refractivity contribution in [2.45, 2.75) is 69.2 Å². The summed E-state index contributed by atoms with van der Waals surface area (Å²) in [6, 6.07) is 10.1. The molecule has 2 aliphatic heterocycles. The summed E-state index contributed by atoms with van der Waals surface area (Å²) >= 11 is 0. The van der Waals surface area contributed by atoms with Crippen LogP contribution in [0.1, 0.15) is 77.5 Å². The third kappa shape index (κ3) is 4.66. The predicted molar refractivity (Wildman–Crippen MR) is 157 cm³/mol. The highest BCUT2D eigenvalue weighted by atomic mass is 32.2. The molecule has 0 atom stereocenters. The summed E-state index contributed by atoms with van der Waals surface area (Å²) in [6.45, 7) is 3.01. The first-order valence-corrected chi connectivity index (χ1v) is 16.7. The largest absolute Gasteiger partial charge is 0.416 e. The van der Waals surface area contributed by atoms with Gasteiger partial charge in [-0.2, -0.15) is 13.2 Å². The molecule has 2 saturated carbocycles. The Hall–Kier alpha value is -3.29. The highest BCUT2D eigenvalue weighted by molar-refractivity contribution is 7.88. The standard InChI is InChI=1S/C31H35F3N6O3S/c1-28(8-5-9-28)35-13-20-10-23-24(25(11-20)31(32,33)34)14-40(26(23)41)22-7-4-6-21(12-22)30(27-37-36-19-38(27)2)15-29(16-30)17-39(18-29)44(3,42)43/h4,6-7,10-12,19,35H,5,8-9,13-18H2,1-3H3. The maximum absolute atomic E-state index is 14.3. The van der Waals surface area contributed by atoms with Gasteiger partial charge in [0.2, 0.25) is 10.0 Å². The lowest BCUT2D eigenvalue weighted by Gasteiger charge is -2.63. The Balaban J connectivity index is 1.20. The number of benzene rings is 2. The number of nitrogens with zero attached hydrogens (tertiary/aromatic N) is 5. The predicted octanol–water partition coefficient (Wildman–Crippen LogP) is 4.37. The fourth-order valence-corrected chi connectivity index (χ4v) is 8.82. The van der Waals surface area contributed by atoms with Gasteiger partial charge in [0.05, 0.1) is 23.8 Å². The van der Waals surface area contributed by atoms with Crippen molar-refractivity contribution in [2.24, 2.45) is 12.5 Å². The average molecular weight is 629 g/mol. The molecule has 1 aromatic heterocycles. The fourth-order valence-electron chi connectivity index (χ4n) is 7.80. The molecule has 3 heterocycles. The number of hydrogen-bond acceptors (Lipinski definition) is 6. The molecule has 9 nitrogen and oxygen atoms in total. The molecule has 7 rings (SSSR count). The van der Waals surface area contributed by atoms with E-state index in [9.17, 15) is 26.4 Å². The molecule has 1 spiro atoms. The Morgan fingerprint density at radius 3 is 2.41 bits per heavy atom. The van der Waals surface area contributed by atoms with Gasteiger partial charge in [-0.1, -0.05) is 12.1 Å². The molecule has 0 bridgehead atoms. The van der Waals surface area contributed by atoms with Crippen molar-refractivity contribution >= 4 is 21.6 Å². The Kier molecular flexibility index (Phi) is 6.42. The number of anilines is 1. The van der Waals surface area contributed by atoms with Crippen molar-refractivity contribution in [1.82, 2.24) is 24.4 Å². The van der Waals surface area contributed by atoms with Crippen LogP contribution in [0.25, 0.3) is 0 Å². The van der Waals surface area contributed by atoms with E-state index in [-0.39, 0.29) is 35.2 Å². The average Bonchev–Trinajstić information content (AvgIpc) is 3.46. The number of hydrogen-bond donors (Lipinski definition) is 1. The zero-order valence-electron chi connectivity index (χ0n) is 24.9. The minimum atomic E-state index is -4.60. The number of fused-ring (bicyclic) bond motifs is 1. The van der Waals surface area contributed by atoms with Gasteiger partial charge in [0.1, 0.15) is 12.2 Å². The Labute approximate surface area is 254 Å². The summed E-state index contributed by atoms with van der Waals surface area (Å²) in [6.07, 6.45) is 2.55. The van der Waals surface area contributed by atoms with Crippen LogP contribution in [0.3, 0.4) is 0 Å². The normalized spacial score (nSPS) is 22.0. The molecule has 2 aromatic carbocycles. The van der Waals surface area contributed by atoms with E-state index in [1.165, 1.54) is 21.5 Å². The molecule has 1 amide bonds. The number of nitrogens with one attached hydrogen (secondary N) is 1. The van der Waals surface area contributed by atoms with Gasteiger partial charge in [-0.25, -0.2) is 12.7 Å². The van der Waals surface area contributed by atoms with E-state index < -0.39 is 33.1 Å². The van der Waals surface area contributed by atoms with Gasteiger partial charge in [-0.3, -0.25) is 4.79 Å². The molecule has 0 unspecified atom stereocenters. The molecule has 44 heavy (non-hydrogen) atoms. The van der Waals surface area contributed by atoms with Crippen LogP contribution >= 0.6 is 0 Å². The third-order valence-corrected chi connectivity index (χ3v) is 11.5. The molecule has 2 aliphatic carbocycles. The van der Waals surface area contributed by atoms with Gasteiger partial charge in [-0.05, 0) is 80.0 Å². The van der Waals surface area contributed by atoms with Crippen LogP contribution < -0.4 is 10.2 Å². The van der Waals surface area contributed by atoms with Crippen molar-refractivity contribution in [2.75, 3.05) is 24.2 Å². The molecule has 13 heteroatoms. The monoisotopic (exact) mass is 628 g/mol. The number of amides is 1. The van der Waals surface area contributed by atoms with Crippen LogP contribution in [-0.4, -0.2) is 58.3 Å². The summed E-state index contributed by atoms with van der Waals surface area (Å²) in [5.41, 5.74) is 0.276. The van der Waals surface area contributed by atoms with Crippen molar-refractivity contribution in [3.8, 4) is 0 Å². The number of halogens is 3. The van der Waals surface area contributed by atoms with E-state index >= 15 is 0 Å². The molecule has 0 radical (unpaired) electrons. The van der Waals surface area contributed by atoms with Crippen LogP contribution in [-0.2, 0) is 41.8 Å². The second-order valence-corrected chi connectivity index (χ2v) is 15.6. The number of aryl methyl sites for hydroxylation is 1. The van der Waals surface area contributed by atoms with E-state index in [4.69, 9.17) is 0 Å². The van der Waals surface area contributed by atoms with Crippen LogP contribution in [0, 0.1) is 5.41 Å². The SMILES string of the molecule is Cn1cnnc1C1(c2cccc(N3Cc4c(cc(CNC5(C)CCC5)cc4C(F)(F)F)C3=O)c2)CC2(CN(S(C)(=O)=O)C2)C1. The van der Waals surface area contributed by atoms with Crippen molar-refractivity contribution in [1.29, 1.82) is 0 Å². The summed E-state index contributed by atoms with van der Waals surface area (Å²) in [7, 11) is -1.43. The molecule has 1 N–H and O–H groups in total. The molecule has 1 saturated heterocycles. The van der Waals surface area contributed by atoms with Crippen LogP contribution in [0.2, 0.25) is 0 Å². The zero-order chi connectivity index (χ0) is 31.3. The number of alkyl halides is 3. The number of carbonyl (C=O) groups is 1. The van der Waals surface area contributed by atoms with E-state index in [1.54, 1.807) is 18.5 Å². The first-order chi connectivity index (χ1) is 20.6. The lowest BCUT2D eigenvalue weighted by Crippen LogP contribution is -2.68. The minimum Gasteiger partial charge on any atom is -0.320 e. The smallest absolute Gasteiger partial charge is 0.320 e. The van der Waals surface area contributed by atoms with Gasteiger partial charge in [0.15, 0.2) is 0 Å². The fraction of sp³-hybridized carbons (Fsp3) is 0.516. The number of carbonyl (C=O) groups excluding carboxylic acids is 1. The Morgan fingerprint density at radius 1 is 1.09 bits per heavy atom. The molecule has 234 valence electrons. The number of rotatable bonds is 7. The summed E-state index contributed by atoms with van der Waals surface area (Å²) < 4.78 is 70.4. The first-order valence-electron chi connectivity index (χ1n) is 14.8. The van der Waals surface area contributed by atoms with Gasteiger partial charge in [0, 0.05) is 48.9 Å². The maximum Gasteiger partial charge on any atom is 0.416 e. The van der Waals surface area contributed by atoms with Crippen molar-refractivity contribution < 1.29 is 26.4 Å². The topological polar surface area (TPSA) is 100 Å². The lowest BCUT2D eigenvalue weighted by molar-refractivity contribution is -0.138. The molecule has 3 fully saturated rings. The van der Waals surface area contributed by atoms with E-state index in [0.29, 0.717) is 37.2 Å². The van der Waals surface area contributed by atoms with Gasteiger partial charge < -0.3 is 14.8 Å². The zero-order valence-corrected chi connectivity index (χ0v) is 25.7. The highest BCUT2D eigenvalue weighted by Gasteiger charge is 2.64. The summed E-state index contributed by atoms with van der Waals surface area (Å²) in [5.74, 6) is 0.269. The second kappa shape index (κ2) is 9.60. The minimum absolute atomic E-state index is 0.00699. The van der Waals surface area contributed by atoms with E-state index in [0.717, 1.165) is 30.7 Å². The highest BCUT2D eigenvalue weighted by Crippen LogP contribution is 2.62. The lowest BCUT2D eigenvalue weighted by atomic mass is 9.47. The number of aromatic nitrogens is 3.